The van der Waals surface area contributed by atoms with Crippen LogP contribution in [0.15, 0.2) is 48.5 Å². The fourth-order valence-corrected chi connectivity index (χ4v) is 5.25. The molecule has 2 aromatic carbocycles. The Labute approximate surface area is 283 Å². The van der Waals surface area contributed by atoms with E-state index in [1.165, 1.54) is 24.3 Å². The van der Waals surface area contributed by atoms with Gasteiger partial charge in [-0.15, -0.1) is 0 Å². The van der Waals surface area contributed by atoms with Crippen molar-refractivity contribution in [1.29, 1.82) is 0 Å². The van der Waals surface area contributed by atoms with Crippen molar-refractivity contribution in [3.8, 4) is 17.0 Å². The lowest BCUT2D eigenvalue weighted by atomic mass is 9.93. The van der Waals surface area contributed by atoms with Gasteiger partial charge in [0.1, 0.15) is 17.3 Å². The maximum absolute atomic E-state index is 14.8. The molecule has 16 heteroatoms. The van der Waals surface area contributed by atoms with Crippen LogP contribution in [-0.2, 0) is 21.6 Å². The number of urea groups is 1. The highest BCUT2D eigenvalue weighted by molar-refractivity contribution is 6.06. The number of aliphatic hydroxyl groups is 1. The van der Waals surface area contributed by atoms with E-state index in [1.807, 2.05) is 0 Å². The summed E-state index contributed by atoms with van der Waals surface area (Å²) >= 11 is 0. The largest absolute Gasteiger partial charge is 0.491 e. The van der Waals surface area contributed by atoms with Gasteiger partial charge in [-0.25, -0.2) is 14.2 Å². The topological polar surface area (TPSA) is 178 Å². The molecule has 1 saturated heterocycles. The molecule has 0 aliphatic carbocycles. The fraction of sp³-hybridized carbons (Fsp3) is 0.324. The molecule has 4 aromatic rings. The number of pyridine rings is 2. The van der Waals surface area contributed by atoms with Gasteiger partial charge in [-0.2, -0.15) is 13.2 Å². The quantitative estimate of drug-likeness (QED) is 0.145. The van der Waals surface area contributed by atoms with Crippen molar-refractivity contribution in [3.63, 3.8) is 0 Å². The fourth-order valence-electron chi connectivity index (χ4n) is 5.25. The van der Waals surface area contributed by atoms with Crippen LogP contribution < -0.4 is 26.4 Å². The highest BCUT2D eigenvalue weighted by atomic mass is 19.4. The van der Waals surface area contributed by atoms with E-state index < -0.39 is 54.1 Å². The van der Waals surface area contributed by atoms with Crippen molar-refractivity contribution >= 4 is 34.4 Å². The Morgan fingerprint density at radius 1 is 1.06 bits per heavy atom. The highest BCUT2D eigenvalue weighted by Gasteiger charge is 2.56. The van der Waals surface area contributed by atoms with E-state index in [0.29, 0.717) is 29.8 Å². The number of alkyl halides is 3. The summed E-state index contributed by atoms with van der Waals surface area (Å²) in [4.78, 5) is 46.8. The number of nitrogens with zero attached hydrogens (tertiary/aromatic N) is 2. The second-order valence-electron chi connectivity index (χ2n) is 11.8. The minimum absolute atomic E-state index is 0.0223. The molecule has 12 nitrogen and oxygen atoms in total. The predicted octanol–water partition coefficient (Wildman–Crippen LogP) is 4.18. The number of ether oxygens (including phenoxy) is 2. The van der Waals surface area contributed by atoms with Gasteiger partial charge >= 0.3 is 12.2 Å². The lowest BCUT2D eigenvalue weighted by Gasteiger charge is -2.31. The second kappa shape index (κ2) is 14.2. The number of aromatic nitrogens is 2. The van der Waals surface area contributed by atoms with Crippen LogP contribution in [0, 0.1) is 19.7 Å². The molecule has 0 unspecified atom stereocenters. The third-order valence-corrected chi connectivity index (χ3v) is 8.06. The third kappa shape index (κ3) is 7.60. The molecule has 0 saturated carbocycles. The lowest BCUT2D eigenvalue weighted by molar-refractivity contribution is -0.265. The first-order valence-electron chi connectivity index (χ1n) is 15.5. The summed E-state index contributed by atoms with van der Waals surface area (Å²) in [5.74, 6) is -2.64. The molecule has 6 N–H and O–H groups in total. The molecule has 0 bridgehead atoms. The molecule has 1 atom stereocenters. The number of carbonyl (C=O) groups excluding carboxylic acids is 3. The molecule has 2 aromatic heterocycles. The molecular weight excluding hydrogens is 664 g/mol. The zero-order valence-corrected chi connectivity index (χ0v) is 27.2. The maximum atomic E-state index is 14.8. The zero-order chi connectivity index (χ0) is 36.4. The Balaban J connectivity index is 1.54. The Hall–Kier alpha value is -5.35. The van der Waals surface area contributed by atoms with Gasteiger partial charge < -0.3 is 36.3 Å². The average Bonchev–Trinajstić information content (AvgIpc) is 3.02. The predicted molar refractivity (Wildman–Crippen MR) is 174 cm³/mol. The summed E-state index contributed by atoms with van der Waals surface area (Å²) in [6.07, 6.45) is -6.00. The summed E-state index contributed by atoms with van der Waals surface area (Å²) in [5.41, 5.74) is 2.13. The van der Waals surface area contributed by atoms with Crippen molar-refractivity contribution in [2.75, 3.05) is 31.7 Å². The Kier molecular flexibility index (Phi) is 10.2. The third-order valence-electron chi connectivity index (χ3n) is 8.06. The Morgan fingerprint density at radius 3 is 2.36 bits per heavy atom. The number of benzene rings is 2. The molecule has 0 spiro atoms. The van der Waals surface area contributed by atoms with E-state index in [2.05, 4.69) is 25.9 Å². The molecule has 1 fully saturated rings. The first-order valence-corrected chi connectivity index (χ1v) is 15.5. The smallest absolute Gasteiger partial charge is 0.424 e. The van der Waals surface area contributed by atoms with Crippen molar-refractivity contribution in [2.24, 2.45) is 5.73 Å². The number of nitrogens with one attached hydrogen (secondary N) is 3. The van der Waals surface area contributed by atoms with E-state index >= 15 is 0 Å². The SMILES string of the molecule is CCOc1c(CC(N)=O)cc([C@@](O)(CNC(=O)c2cc(NC(=O)NC3COC3)c3nc(C)c(C)cc3c2)C(F)(F)F)nc1-c1ccc(F)cc1. The van der Waals surface area contributed by atoms with Crippen molar-refractivity contribution in [1.82, 2.24) is 20.6 Å². The summed E-state index contributed by atoms with van der Waals surface area (Å²) in [6.45, 7) is 4.40. The summed E-state index contributed by atoms with van der Waals surface area (Å²) in [7, 11) is 0. The van der Waals surface area contributed by atoms with Gasteiger partial charge in [-0.05, 0) is 74.9 Å². The highest BCUT2D eigenvalue weighted by Crippen LogP contribution is 2.42. The van der Waals surface area contributed by atoms with Crippen molar-refractivity contribution in [2.45, 2.75) is 45.0 Å². The number of fused-ring (bicyclic) bond motifs is 1. The Morgan fingerprint density at radius 2 is 1.76 bits per heavy atom. The molecule has 3 heterocycles. The molecule has 1 aliphatic rings. The number of anilines is 1. The van der Waals surface area contributed by atoms with E-state index in [1.54, 1.807) is 26.8 Å². The molecule has 0 radical (unpaired) electrons. The van der Waals surface area contributed by atoms with Crippen LogP contribution in [0.4, 0.5) is 28.0 Å². The van der Waals surface area contributed by atoms with Gasteiger partial charge in [0.15, 0.2) is 0 Å². The molecule has 264 valence electrons. The summed E-state index contributed by atoms with van der Waals surface area (Å²) < 4.78 is 68.9. The summed E-state index contributed by atoms with van der Waals surface area (Å²) in [5, 5.41) is 19.3. The number of primary amides is 1. The second-order valence-corrected chi connectivity index (χ2v) is 11.8. The molecule has 50 heavy (non-hydrogen) atoms. The maximum Gasteiger partial charge on any atom is 0.424 e. The van der Waals surface area contributed by atoms with Crippen LogP contribution in [-0.4, -0.2) is 71.5 Å². The molecular formula is C34H34F4N6O6. The van der Waals surface area contributed by atoms with E-state index in [9.17, 15) is 37.1 Å². The number of halogens is 4. The minimum atomic E-state index is -5.41. The van der Waals surface area contributed by atoms with Gasteiger partial charge in [-0.3, -0.25) is 14.6 Å². The van der Waals surface area contributed by atoms with Gasteiger partial charge in [0.25, 0.3) is 5.91 Å². The van der Waals surface area contributed by atoms with E-state index in [0.717, 1.165) is 23.8 Å². The number of nitrogens with two attached hydrogens (primary N) is 1. The van der Waals surface area contributed by atoms with Gasteiger partial charge in [0.2, 0.25) is 11.5 Å². The van der Waals surface area contributed by atoms with E-state index in [-0.39, 0.29) is 46.5 Å². The minimum Gasteiger partial charge on any atom is -0.491 e. The van der Waals surface area contributed by atoms with E-state index in [4.69, 9.17) is 15.2 Å². The lowest BCUT2D eigenvalue weighted by Crippen LogP contribution is -2.51. The standard InChI is InChI=1S/C34H34F4N6O6/c1-4-50-30-21(13-27(39)45)12-26(44-29(30)19-5-7-23(35)8-6-19)33(48,34(36,37)38)16-40-31(46)22-10-20-9-17(2)18(3)41-28(20)25(11-22)43-32(47)42-24-14-49-15-24/h5-12,24,48H,4,13-16H2,1-3H3,(H2,39,45)(H,40,46)(H2,42,43,47)/t33-/m0/s1. The van der Waals surface area contributed by atoms with Crippen molar-refractivity contribution < 1.29 is 46.5 Å². The number of rotatable bonds is 11. The Bertz CT molecular complexity index is 1950. The van der Waals surface area contributed by atoms with Gasteiger partial charge in [0, 0.05) is 27.8 Å². The average molecular weight is 699 g/mol. The zero-order valence-electron chi connectivity index (χ0n) is 27.2. The first kappa shape index (κ1) is 35.9. The van der Waals surface area contributed by atoms with Crippen LogP contribution >= 0.6 is 0 Å². The van der Waals surface area contributed by atoms with Crippen LogP contribution in [0.2, 0.25) is 0 Å². The van der Waals surface area contributed by atoms with Crippen LogP contribution in [0.5, 0.6) is 5.75 Å². The number of carbonyl (C=O) groups is 3. The van der Waals surface area contributed by atoms with Crippen LogP contribution in [0.1, 0.15) is 39.8 Å². The number of hydrogen-bond donors (Lipinski definition) is 5. The molecule has 4 amide bonds. The van der Waals surface area contributed by atoms with Gasteiger partial charge in [-0.1, -0.05) is 0 Å². The monoisotopic (exact) mass is 698 g/mol. The van der Waals surface area contributed by atoms with Crippen molar-refractivity contribution in [3.05, 3.63) is 82.4 Å². The van der Waals surface area contributed by atoms with Crippen LogP contribution in [0.3, 0.4) is 0 Å². The number of amides is 4. The first-order chi connectivity index (χ1) is 23.6. The summed E-state index contributed by atoms with van der Waals surface area (Å²) in [6, 6.07) is 8.99. The number of aryl methyl sites for hydroxylation is 2. The van der Waals surface area contributed by atoms with Crippen LogP contribution in [0.25, 0.3) is 22.2 Å². The molecule has 1 aliphatic heterocycles. The normalized spacial score (nSPS) is 14.4. The van der Waals surface area contributed by atoms with Gasteiger partial charge in [0.05, 0.1) is 55.7 Å². The molecule has 5 rings (SSSR count). The number of hydrogen-bond acceptors (Lipinski definition) is 8.